The lowest BCUT2D eigenvalue weighted by atomic mass is 10.1. The summed E-state index contributed by atoms with van der Waals surface area (Å²) in [5.41, 5.74) is 2.39. The Hall–Kier alpha value is -1.46. The first kappa shape index (κ1) is 12.0. The topological polar surface area (TPSA) is 42.4 Å². The van der Waals surface area contributed by atoms with E-state index in [9.17, 15) is 9.50 Å². The summed E-state index contributed by atoms with van der Waals surface area (Å²) >= 11 is 1.38. The number of ether oxygens (including phenoxy) is 1. The van der Waals surface area contributed by atoms with E-state index in [0.717, 1.165) is 10.4 Å². The van der Waals surface area contributed by atoms with Crippen LogP contribution in [0.15, 0.2) is 29.9 Å². The maximum Gasteiger partial charge on any atom is 0.165 e. The van der Waals surface area contributed by atoms with E-state index in [-0.39, 0.29) is 5.75 Å². The van der Waals surface area contributed by atoms with Crippen LogP contribution in [0, 0.1) is 5.82 Å². The minimum Gasteiger partial charge on any atom is -0.494 e. The van der Waals surface area contributed by atoms with E-state index in [0.29, 0.717) is 6.42 Å². The van der Waals surface area contributed by atoms with Gasteiger partial charge in [-0.2, -0.15) is 0 Å². The Labute approximate surface area is 103 Å². The highest BCUT2D eigenvalue weighted by Gasteiger charge is 2.11. The van der Waals surface area contributed by atoms with E-state index in [1.807, 2.05) is 0 Å². The van der Waals surface area contributed by atoms with Crippen molar-refractivity contribution in [1.29, 1.82) is 0 Å². The fourth-order valence-electron chi connectivity index (χ4n) is 1.55. The van der Waals surface area contributed by atoms with Gasteiger partial charge in [-0.3, -0.25) is 4.98 Å². The van der Waals surface area contributed by atoms with Gasteiger partial charge in [-0.05, 0) is 17.7 Å². The second kappa shape index (κ2) is 5.25. The second-order valence-corrected chi connectivity index (χ2v) is 4.51. The van der Waals surface area contributed by atoms with E-state index < -0.39 is 11.9 Å². The van der Waals surface area contributed by atoms with E-state index in [1.165, 1.54) is 24.5 Å². The Morgan fingerprint density at radius 1 is 1.53 bits per heavy atom. The van der Waals surface area contributed by atoms with Gasteiger partial charge in [0, 0.05) is 12.6 Å². The van der Waals surface area contributed by atoms with Crippen molar-refractivity contribution in [2.45, 2.75) is 12.5 Å². The van der Waals surface area contributed by atoms with Gasteiger partial charge in [0.25, 0.3) is 0 Å². The average Bonchev–Trinajstić information content (AvgIpc) is 2.82. The summed E-state index contributed by atoms with van der Waals surface area (Å²) < 4.78 is 18.3. The highest BCUT2D eigenvalue weighted by Crippen LogP contribution is 2.24. The van der Waals surface area contributed by atoms with Gasteiger partial charge in [0.05, 0.1) is 23.6 Å². The molecule has 0 radical (unpaired) electrons. The fraction of sp³-hybridized carbons (Fsp3) is 0.250. The molecular formula is C12H12FNO2S. The minimum atomic E-state index is -0.643. The molecule has 0 spiro atoms. The molecule has 1 aromatic heterocycles. The Balaban J connectivity index is 2.11. The van der Waals surface area contributed by atoms with Gasteiger partial charge in [-0.1, -0.05) is 6.07 Å². The molecule has 3 nitrogen and oxygen atoms in total. The SMILES string of the molecule is COc1ccc(CC(O)c2cncs2)cc1F. The molecule has 1 atom stereocenters. The predicted molar refractivity (Wildman–Crippen MR) is 63.7 cm³/mol. The summed E-state index contributed by atoms with van der Waals surface area (Å²) in [5.74, 6) is -0.206. The minimum absolute atomic E-state index is 0.209. The van der Waals surface area contributed by atoms with Gasteiger partial charge < -0.3 is 9.84 Å². The molecule has 0 fully saturated rings. The molecule has 5 heteroatoms. The Kier molecular flexibility index (Phi) is 3.71. The Bertz CT molecular complexity index is 487. The summed E-state index contributed by atoms with van der Waals surface area (Å²) in [7, 11) is 1.42. The number of rotatable bonds is 4. The molecule has 0 saturated heterocycles. The van der Waals surface area contributed by atoms with Gasteiger partial charge in [0.15, 0.2) is 11.6 Å². The number of benzene rings is 1. The molecule has 17 heavy (non-hydrogen) atoms. The van der Waals surface area contributed by atoms with Crippen LogP contribution in [-0.4, -0.2) is 17.2 Å². The van der Waals surface area contributed by atoms with E-state index in [4.69, 9.17) is 4.74 Å². The Morgan fingerprint density at radius 2 is 2.35 bits per heavy atom. The third kappa shape index (κ3) is 2.81. The number of aromatic nitrogens is 1. The van der Waals surface area contributed by atoms with Crippen LogP contribution in [0.1, 0.15) is 16.5 Å². The zero-order chi connectivity index (χ0) is 12.3. The molecule has 90 valence electrons. The molecular weight excluding hydrogens is 241 g/mol. The number of nitrogens with zero attached hydrogens (tertiary/aromatic N) is 1. The smallest absolute Gasteiger partial charge is 0.165 e. The Morgan fingerprint density at radius 3 is 2.94 bits per heavy atom. The molecule has 1 unspecified atom stereocenters. The summed E-state index contributed by atoms with van der Waals surface area (Å²) in [6.45, 7) is 0. The van der Waals surface area contributed by atoms with Crippen molar-refractivity contribution in [2.75, 3.05) is 7.11 Å². The summed E-state index contributed by atoms with van der Waals surface area (Å²) in [4.78, 5) is 4.67. The molecule has 0 aliphatic heterocycles. The zero-order valence-electron chi connectivity index (χ0n) is 9.26. The maximum atomic E-state index is 13.4. The monoisotopic (exact) mass is 253 g/mol. The zero-order valence-corrected chi connectivity index (χ0v) is 10.1. The number of hydrogen-bond acceptors (Lipinski definition) is 4. The fourth-order valence-corrected chi connectivity index (χ4v) is 2.16. The molecule has 1 heterocycles. The molecule has 2 aromatic rings. The van der Waals surface area contributed by atoms with Crippen molar-refractivity contribution in [3.05, 3.63) is 46.2 Å². The number of halogens is 1. The standard InChI is InChI=1S/C12H12FNO2S/c1-16-11-3-2-8(4-9(11)13)5-10(15)12-6-14-7-17-12/h2-4,6-7,10,15H,5H2,1H3. The number of methoxy groups -OCH3 is 1. The van der Waals surface area contributed by atoms with Crippen molar-refractivity contribution in [1.82, 2.24) is 4.98 Å². The predicted octanol–water partition coefficient (Wildman–Crippen LogP) is 2.57. The van der Waals surface area contributed by atoms with Crippen molar-refractivity contribution in [3.8, 4) is 5.75 Å². The molecule has 0 aliphatic carbocycles. The molecule has 2 rings (SSSR count). The summed E-state index contributed by atoms with van der Waals surface area (Å²) in [6, 6.07) is 4.68. The molecule has 0 saturated carbocycles. The number of aliphatic hydroxyl groups is 1. The molecule has 1 aromatic carbocycles. The molecule has 1 N–H and O–H groups in total. The van der Waals surface area contributed by atoms with Crippen molar-refractivity contribution < 1.29 is 14.2 Å². The highest BCUT2D eigenvalue weighted by molar-refractivity contribution is 7.09. The first-order chi connectivity index (χ1) is 8.20. The quantitative estimate of drug-likeness (QED) is 0.910. The lowest BCUT2D eigenvalue weighted by Crippen LogP contribution is -2.00. The van der Waals surface area contributed by atoms with Gasteiger partial charge in [0.1, 0.15) is 0 Å². The molecule has 0 amide bonds. The largest absolute Gasteiger partial charge is 0.494 e. The van der Waals surface area contributed by atoms with Gasteiger partial charge in [-0.25, -0.2) is 4.39 Å². The van der Waals surface area contributed by atoms with Crippen molar-refractivity contribution in [2.24, 2.45) is 0 Å². The van der Waals surface area contributed by atoms with Crippen LogP contribution >= 0.6 is 11.3 Å². The third-order valence-corrected chi connectivity index (χ3v) is 3.30. The van der Waals surface area contributed by atoms with Gasteiger partial charge in [0.2, 0.25) is 0 Å². The van der Waals surface area contributed by atoms with Crippen LogP contribution in [0.4, 0.5) is 4.39 Å². The van der Waals surface area contributed by atoms with Crippen LogP contribution < -0.4 is 4.74 Å². The van der Waals surface area contributed by atoms with Crippen LogP contribution in [-0.2, 0) is 6.42 Å². The number of aliphatic hydroxyl groups excluding tert-OH is 1. The first-order valence-corrected chi connectivity index (χ1v) is 5.97. The lowest BCUT2D eigenvalue weighted by Gasteiger charge is -2.09. The summed E-state index contributed by atoms with van der Waals surface area (Å²) in [5, 5.41) is 9.90. The van der Waals surface area contributed by atoms with Crippen LogP contribution in [0.25, 0.3) is 0 Å². The second-order valence-electron chi connectivity index (χ2n) is 3.59. The number of hydrogen-bond donors (Lipinski definition) is 1. The molecule has 0 bridgehead atoms. The van der Waals surface area contributed by atoms with Crippen LogP contribution in [0.2, 0.25) is 0 Å². The highest BCUT2D eigenvalue weighted by atomic mass is 32.1. The average molecular weight is 253 g/mol. The first-order valence-electron chi connectivity index (χ1n) is 5.09. The van der Waals surface area contributed by atoms with Gasteiger partial charge in [-0.15, -0.1) is 11.3 Å². The van der Waals surface area contributed by atoms with Crippen LogP contribution in [0.3, 0.4) is 0 Å². The van der Waals surface area contributed by atoms with E-state index >= 15 is 0 Å². The maximum absolute atomic E-state index is 13.4. The summed E-state index contributed by atoms with van der Waals surface area (Å²) in [6.07, 6.45) is 1.34. The normalized spacial score (nSPS) is 12.4. The van der Waals surface area contributed by atoms with Crippen molar-refractivity contribution in [3.63, 3.8) is 0 Å². The molecule has 0 aliphatic rings. The van der Waals surface area contributed by atoms with Crippen molar-refractivity contribution >= 4 is 11.3 Å². The van der Waals surface area contributed by atoms with E-state index in [1.54, 1.807) is 23.8 Å². The van der Waals surface area contributed by atoms with Gasteiger partial charge >= 0.3 is 0 Å². The number of thiazole rings is 1. The van der Waals surface area contributed by atoms with E-state index in [2.05, 4.69) is 4.98 Å². The van der Waals surface area contributed by atoms with Crippen LogP contribution in [0.5, 0.6) is 5.75 Å². The third-order valence-electron chi connectivity index (χ3n) is 2.43. The lowest BCUT2D eigenvalue weighted by molar-refractivity contribution is 0.182.